The van der Waals surface area contributed by atoms with Gasteiger partial charge >= 0.3 is 16.5 Å². The van der Waals surface area contributed by atoms with Crippen LogP contribution in [0.4, 0.5) is 0 Å². The van der Waals surface area contributed by atoms with Gasteiger partial charge in [0.25, 0.3) is 0 Å². The maximum absolute atomic E-state index is 10.7. The lowest BCUT2D eigenvalue weighted by molar-refractivity contribution is 0.0749. The molecule has 0 atom stereocenters. The normalized spacial score (nSPS) is 8.90. The van der Waals surface area contributed by atoms with Crippen LogP contribution in [-0.4, -0.2) is 16.5 Å². The number of rotatable bonds is 1. The smallest absolute Gasteiger partial charge is 0.345 e. The van der Waals surface area contributed by atoms with E-state index in [2.05, 4.69) is 14.9 Å². The lowest BCUT2D eigenvalue weighted by Gasteiger charge is -1.95. The summed E-state index contributed by atoms with van der Waals surface area (Å²) < 4.78 is 4.30. The Balaban J connectivity index is 2.85. The first kappa shape index (κ1) is 7.02. The van der Waals surface area contributed by atoms with Crippen LogP contribution in [0.1, 0.15) is 10.4 Å². The zero-order chi connectivity index (χ0) is 7.40. The molecule has 10 heavy (non-hydrogen) atoms. The van der Waals surface area contributed by atoms with Gasteiger partial charge in [-0.15, -0.1) is 0 Å². The van der Waals surface area contributed by atoms with E-state index in [0.717, 1.165) is 0 Å². The molecule has 0 heterocycles. The standard InChI is InChI=1S/C7H5O2Si/c8-7(9-10)6-4-2-1-3-5-6/h1-5H. The summed E-state index contributed by atoms with van der Waals surface area (Å²) in [6.07, 6.45) is 0. The first-order valence-electron chi connectivity index (χ1n) is 2.77. The fraction of sp³-hybridized carbons (Fsp3) is 0. The van der Waals surface area contributed by atoms with Gasteiger partial charge in [-0.2, -0.15) is 0 Å². The molecule has 1 rings (SSSR count). The van der Waals surface area contributed by atoms with Gasteiger partial charge in [-0.25, -0.2) is 4.79 Å². The fourth-order valence-corrected chi connectivity index (χ4v) is 0.751. The molecule has 0 bridgehead atoms. The molecule has 0 spiro atoms. The fourth-order valence-electron chi connectivity index (χ4n) is 0.633. The molecule has 0 aromatic heterocycles. The van der Waals surface area contributed by atoms with Crippen molar-refractivity contribution in [3.8, 4) is 0 Å². The predicted molar refractivity (Wildman–Crippen MR) is 37.6 cm³/mol. The summed E-state index contributed by atoms with van der Waals surface area (Å²) in [7, 11) is 2.65. The van der Waals surface area contributed by atoms with Crippen molar-refractivity contribution in [3.63, 3.8) is 0 Å². The van der Waals surface area contributed by atoms with Crippen LogP contribution >= 0.6 is 0 Å². The third-order valence-electron chi connectivity index (χ3n) is 1.10. The minimum atomic E-state index is -0.378. The summed E-state index contributed by atoms with van der Waals surface area (Å²) >= 11 is 0. The molecule has 2 nitrogen and oxygen atoms in total. The molecular formula is C7H5O2Si. The van der Waals surface area contributed by atoms with E-state index in [1.807, 2.05) is 6.07 Å². The summed E-state index contributed by atoms with van der Waals surface area (Å²) in [4.78, 5) is 10.7. The SMILES string of the molecule is O=C(O[Si])c1ccccc1. The van der Waals surface area contributed by atoms with Gasteiger partial charge in [0.15, 0.2) is 0 Å². The van der Waals surface area contributed by atoms with Gasteiger partial charge in [0.05, 0.1) is 5.56 Å². The Labute approximate surface area is 62.4 Å². The molecule has 0 aliphatic rings. The minimum Gasteiger partial charge on any atom is -0.513 e. The van der Waals surface area contributed by atoms with Crippen LogP contribution in [0.25, 0.3) is 0 Å². The topological polar surface area (TPSA) is 26.3 Å². The van der Waals surface area contributed by atoms with Crippen LogP contribution in [-0.2, 0) is 4.43 Å². The quantitative estimate of drug-likeness (QED) is 0.555. The molecule has 0 aliphatic carbocycles. The summed E-state index contributed by atoms with van der Waals surface area (Å²) in [6.45, 7) is 0. The summed E-state index contributed by atoms with van der Waals surface area (Å²) in [6, 6.07) is 8.76. The number of hydrogen-bond acceptors (Lipinski definition) is 2. The first-order chi connectivity index (χ1) is 4.84. The van der Waals surface area contributed by atoms with Crippen LogP contribution in [0.5, 0.6) is 0 Å². The molecule has 0 unspecified atom stereocenters. The molecule has 0 fully saturated rings. The molecule has 0 amide bonds. The molecule has 0 saturated carbocycles. The van der Waals surface area contributed by atoms with Crippen molar-refractivity contribution in [2.24, 2.45) is 0 Å². The maximum Gasteiger partial charge on any atom is 0.345 e. The molecule has 0 N–H and O–H groups in total. The van der Waals surface area contributed by atoms with Gasteiger partial charge in [0.1, 0.15) is 0 Å². The second-order valence-electron chi connectivity index (χ2n) is 1.76. The summed E-state index contributed by atoms with van der Waals surface area (Å²) in [5.74, 6) is -0.378. The minimum absolute atomic E-state index is 0.378. The highest BCUT2D eigenvalue weighted by atomic mass is 28.2. The third-order valence-corrected chi connectivity index (χ3v) is 1.29. The Morgan fingerprint density at radius 1 is 1.30 bits per heavy atom. The lowest BCUT2D eigenvalue weighted by atomic mass is 10.2. The molecule has 1 aromatic carbocycles. The van der Waals surface area contributed by atoms with Crippen LogP contribution in [0.2, 0.25) is 0 Å². The zero-order valence-electron chi connectivity index (χ0n) is 5.20. The highest BCUT2D eigenvalue weighted by Crippen LogP contribution is 1.98. The number of carbonyl (C=O) groups excluding carboxylic acids is 1. The summed E-state index contributed by atoms with van der Waals surface area (Å²) in [5, 5.41) is 0. The van der Waals surface area contributed by atoms with E-state index < -0.39 is 0 Å². The maximum atomic E-state index is 10.7. The Bertz CT molecular complexity index is 220. The molecule has 3 radical (unpaired) electrons. The lowest BCUT2D eigenvalue weighted by Crippen LogP contribution is -2.00. The van der Waals surface area contributed by atoms with Crippen molar-refractivity contribution in [2.45, 2.75) is 0 Å². The Kier molecular flexibility index (Phi) is 2.23. The van der Waals surface area contributed by atoms with E-state index in [-0.39, 0.29) is 5.97 Å². The van der Waals surface area contributed by atoms with Crippen molar-refractivity contribution < 1.29 is 9.22 Å². The van der Waals surface area contributed by atoms with Gasteiger partial charge in [0.2, 0.25) is 0 Å². The number of benzene rings is 1. The van der Waals surface area contributed by atoms with Gasteiger partial charge in [0, 0.05) is 0 Å². The zero-order valence-corrected chi connectivity index (χ0v) is 6.20. The molecular weight excluding hydrogens is 144 g/mol. The van der Waals surface area contributed by atoms with Crippen LogP contribution in [0.15, 0.2) is 30.3 Å². The van der Waals surface area contributed by atoms with Gasteiger partial charge < -0.3 is 4.43 Å². The second kappa shape index (κ2) is 3.17. The van der Waals surface area contributed by atoms with Crippen molar-refractivity contribution in [1.82, 2.24) is 0 Å². The predicted octanol–water partition coefficient (Wildman–Crippen LogP) is 0.927. The van der Waals surface area contributed by atoms with E-state index in [1.54, 1.807) is 24.3 Å². The first-order valence-corrected chi connectivity index (χ1v) is 3.18. The monoisotopic (exact) mass is 149 g/mol. The summed E-state index contributed by atoms with van der Waals surface area (Å²) in [5.41, 5.74) is 0.539. The highest BCUT2D eigenvalue weighted by Gasteiger charge is 2.00. The molecule has 0 saturated heterocycles. The van der Waals surface area contributed by atoms with E-state index in [9.17, 15) is 4.79 Å². The van der Waals surface area contributed by atoms with Crippen LogP contribution < -0.4 is 0 Å². The molecule has 0 aliphatic heterocycles. The van der Waals surface area contributed by atoms with Crippen molar-refractivity contribution in [2.75, 3.05) is 0 Å². The Hall–Kier alpha value is -1.09. The number of hydrogen-bond donors (Lipinski definition) is 0. The van der Waals surface area contributed by atoms with Crippen LogP contribution in [0, 0.1) is 0 Å². The Morgan fingerprint density at radius 3 is 2.40 bits per heavy atom. The molecule has 1 aromatic rings. The second-order valence-corrected chi connectivity index (χ2v) is 1.96. The van der Waals surface area contributed by atoms with E-state index in [4.69, 9.17) is 0 Å². The van der Waals surface area contributed by atoms with E-state index in [0.29, 0.717) is 5.56 Å². The molecule has 49 valence electrons. The highest BCUT2D eigenvalue weighted by molar-refractivity contribution is 6.09. The average Bonchev–Trinajstić information content (AvgIpc) is 2.05. The van der Waals surface area contributed by atoms with Gasteiger partial charge in [-0.3, -0.25) is 0 Å². The van der Waals surface area contributed by atoms with Gasteiger partial charge in [-0.1, -0.05) is 18.2 Å². The number of carbonyl (C=O) groups is 1. The van der Waals surface area contributed by atoms with E-state index >= 15 is 0 Å². The average molecular weight is 149 g/mol. The largest absolute Gasteiger partial charge is 0.513 e. The van der Waals surface area contributed by atoms with E-state index in [1.165, 1.54) is 0 Å². The van der Waals surface area contributed by atoms with Crippen LogP contribution in [0.3, 0.4) is 0 Å². The molecule has 3 heteroatoms. The van der Waals surface area contributed by atoms with Crippen molar-refractivity contribution >= 4 is 16.5 Å². The van der Waals surface area contributed by atoms with Crippen molar-refractivity contribution in [1.29, 1.82) is 0 Å². The third kappa shape index (κ3) is 1.45. The van der Waals surface area contributed by atoms with Gasteiger partial charge in [-0.05, 0) is 12.1 Å². The van der Waals surface area contributed by atoms with Crippen molar-refractivity contribution in [3.05, 3.63) is 35.9 Å². The Morgan fingerprint density at radius 2 is 1.90 bits per heavy atom.